The van der Waals surface area contributed by atoms with Crippen LogP contribution in [0.15, 0.2) is 48.5 Å². The molecule has 12 N–H and O–H groups in total. The second-order valence-electron chi connectivity index (χ2n) is 8.04. The van der Waals surface area contributed by atoms with Gasteiger partial charge in [0, 0.05) is 11.1 Å². The molecule has 4 aromatic rings. The molecule has 0 radical (unpaired) electrons. The molecule has 0 aliphatic carbocycles. The number of hydrogen-bond acceptors (Lipinski definition) is 14. The summed E-state index contributed by atoms with van der Waals surface area (Å²) in [7, 11) is 0. The average molecular weight is 556 g/mol. The topological polar surface area (TPSA) is 277 Å². The van der Waals surface area contributed by atoms with Crippen LogP contribution in [0.2, 0.25) is 0 Å². The van der Waals surface area contributed by atoms with Gasteiger partial charge in [-0.25, -0.2) is 0 Å². The first-order valence-corrected chi connectivity index (χ1v) is 10.7. The third-order valence-corrected chi connectivity index (χ3v) is 5.42. The molecule has 208 valence electrons. The molecule has 0 bridgehead atoms. The molecule has 0 saturated heterocycles. The van der Waals surface area contributed by atoms with Crippen LogP contribution >= 0.6 is 0 Å². The van der Waals surface area contributed by atoms with E-state index in [0.29, 0.717) is 0 Å². The molecule has 0 heterocycles. The lowest BCUT2D eigenvalue weighted by atomic mass is 10.0. The molecular formula is C26H20O14. The fraction of sp³-hybridized carbons (Fsp3) is 0. The highest BCUT2D eigenvalue weighted by Crippen LogP contribution is 2.45. The van der Waals surface area contributed by atoms with Gasteiger partial charge in [-0.15, -0.1) is 0 Å². The van der Waals surface area contributed by atoms with Crippen molar-refractivity contribution in [1.82, 2.24) is 0 Å². The summed E-state index contributed by atoms with van der Waals surface area (Å²) in [6.45, 7) is 0. The Morgan fingerprint density at radius 1 is 0.350 bits per heavy atom. The highest BCUT2D eigenvalue weighted by atomic mass is 16.4. The Kier molecular flexibility index (Phi) is 7.57. The van der Waals surface area contributed by atoms with Crippen molar-refractivity contribution < 1.29 is 70.9 Å². The zero-order chi connectivity index (χ0) is 30.0. The summed E-state index contributed by atoms with van der Waals surface area (Å²) in [5, 5.41) is 112. The number of carbonyl (C=O) groups is 2. The Bertz CT molecular complexity index is 1540. The largest absolute Gasteiger partial charge is 0.504 e. The summed E-state index contributed by atoms with van der Waals surface area (Å²) in [6.07, 6.45) is 0. The summed E-state index contributed by atoms with van der Waals surface area (Å²) in [5.41, 5.74) is -1.13. The van der Waals surface area contributed by atoms with Crippen molar-refractivity contribution >= 4 is 11.6 Å². The molecule has 40 heavy (non-hydrogen) atoms. The SMILES string of the molecule is O=C(c1ccc(O)c(O)c1)c1cc(O)c(O)c(O)c1O.O=C(c1ccc(O)c(O)c1)c1cc(O)c(O)c(O)c1O. The van der Waals surface area contributed by atoms with Crippen molar-refractivity contribution in [3.8, 4) is 69.0 Å². The molecule has 0 aliphatic heterocycles. The van der Waals surface area contributed by atoms with E-state index in [4.69, 9.17) is 10.2 Å². The van der Waals surface area contributed by atoms with Gasteiger partial charge in [-0.05, 0) is 48.5 Å². The number of aromatic hydroxyl groups is 12. The van der Waals surface area contributed by atoms with Crippen molar-refractivity contribution in [2.24, 2.45) is 0 Å². The predicted molar refractivity (Wildman–Crippen MR) is 133 cm³/mol. The number of hydrogen-bond donors (Lipinski definition) is 12. The molecule has 14 nitrogen and oxygen atoms in total. The van der Waals surface area contributed by atoms with Crippen LogP contribution in [0.5, 0.6) is 69.0 Å². The van der Waals surface area contributed by atoms with Gasteiger partial charge < -0.3 is 61.3 Å². The third-order valence-electron chi connectivity index (χ3n) is 5.42. The Labute approximate surface area is 222 Å². The van der Waals surface area contributed by atoms with Gasteiger partial charge in [-0.2, -0.15) is 0 Å². The van der Waals surface area contributed by atoms with E-state index < -0.39 is 91.7 Å². The molecule has 0 amide bonds. The monoisotopic (exact) mass is 556 g/mol. The van der Waals surface area contributed by atoms with Crippen LogP contribution in [0.3, 0.4) is 0 Å². The minimum absolute atomic E-state index is 0.0971. The number of rotatable bonds is 4. The van der Waals surface area contributed by atoms with Crippen molar-refractivity contribution in [3.63, 3.8) is 0 Å². The number of phenols is 12. The first kappa shape index (κ1) is 28.4. The van der Waals surface area contributed by atoms with Gasteiger partial charge in [-0.1, -0.05) is 0 Å². The lowest BCUT2D eigenvalue weighted by molar-refractivity contribution is 0.102. The van der Waals surface area contributed by atoms with Crippen LogP contribution < -0.4 is 0 Å². The molecule has 0 unspecified atom stereocenters. The molecular weight excluding hydrogens is 536 g/mol. The van der Waals surface area contributed by atoms with E-state index in [0.717, 1.165) is 36.4 Å². The molecule has 0 spiro atoms. The van der Waals surface area contributed by atoms with Gasteiger partial charge in [-0.3, -0.25) is 9.59 Å². The van der Waals surface area contributed by atoms with Gasteiger partial charge in [0.1, 0.15) is 0 Å². The Hall–Kier alpha value is -6.18. The van der Waals surface area contributed by atoms with E-state index in [-0.39, 0.29) is 11.1 Å². The number of phenolic OH excluding ortho intramolecular Hbond substituents is 12. The second-order valence-corrected chi connectivity index (χ2v) is 8.04. The maximum absolute atomic E-state index is 12.1. The molecule has 4 aromatic carbocycles. The number of benzene rings is 4. The van der Waals surface area contributed by atoms with E-state index in [1.807, 2.05) is 0 Å². The first-order chi connectivity index (χ1) is 18.6. The molecule has 14 heteroatoms. The first-order valence-electron chi connectivity index (χ1n) is 10.7. The zero-order valence-electron chi connectivity index (χ0n) is 19.8. The maximum atomic E-state index is 12.1. The minimum Gasteiger partial charge on any atom is -0.504 e. The van der Waals surface area contributed by atoms with E-state index in [2.05, 4.69) is 0 Å². The average Bonchev–Trinajstić information content (AvgIpc) is 2.93. The van der Waals surface area contributed by atoms with Gasteiger partial charge in [0.25, 0.3) is 0 Å². The lowest BCUT2D eigenvalue weighted by Crippen LogP contribution is -2.01. The summed E-state index contributed by atoms with van der Waals surface area (Å²) in [5.74, 6) is -10.9. The van der Waals surface area contributed by atoms with Gasteiger partial charge in [0.15, 0.2) is 57.6 Å². The van der Waals surface area contributed by atoms with E-state index >= 15 is 0 Å². The lowest BCUT2D eigenvalue weighted by Gasteiger charge is -2.09. The van der Waals surface area contributed by atoms with E-state index in [1.165, 1.54) is 12.1 Å². The summed E-state index contributed by atoms with van der Waals surface area (Å²) >= 11 is 0. The van der Waals surface area contributed by atoms with Gasteiger partial charge in [0.05, 0.1) is 11.1 Å². The molecule has 0 fully saturated rings. The zero-order valence-corrected chi connectivity index (χ0v) is 19.8. The Morgan fingerprint density at radius 3 is 0.975 bits per heavy atom. The van der Waals surface area contributed by atoms with Crippen molar-refractivity contribution in [1.29, 1.82) is 0 Å². The van der Waals surface area contributed by atoms with Crippen LogP contribution in [0.4, 0.5) is 0 Å². The smallest absolute Gasteiger partial charge is 0.205 e. The van der Waals surface area contributed by atoms with Gasteiger partial charge in [0.2, 0.25) is 23.0 Å². The molecule has 0 atom stereocenters. The Balaban J connectivity index is 0.000000220. The number of ketones is 2. The maximum Gasteiger partial charge on any atom is 0.205 e. The van der Waals surface area contributed by atoms with Crippen molar-refractivity contribution in [3.05, 3.63) is 70.8 Å². The summed E-state index contributed by atoms with van der Waals surface area (Å²) in [6, 6.07) is 7.96. The molecule has 0 saturated carbocycles. The van der Waals surface area contributed by atoms with E-state index in [9.17, 15) is 60.7 Å². The van der Waals surface area contributed by atoms with Gasteiger partial charge >= 0.3 is 0 Å². The second kappa shape index (κ2) is 10.7. The summed E-state index contributed by atoms with van der Waals surface area (Å²) < 4.78 is 0. The minimum atomic E-state index is -1.03. The van der Waals surface area contributed by atoms with E-state index in [1.54, 1.807) is 0 Å². The predicted octanol–water partition coefficient (Wildman–Crippen LogP) is 2.30. The fourth-order valence-electron chi connectivity index (χ4n) is 3.26. The molecule has 4 rings (SSSR count). The van der Waals surface area contributed by atoms with Crippen LogP contribution in [0.25, 0.3) is 0 Å². The van der Waals surface area contributed by atoms with Crippen LogP contribution in [0, 0.1) is 0 Å². The fourth-order valence-corrected chi connectivity index (χ4v) is 3.26. The van der Waals surface area contributed by atoms with Crippen LogP contribution in [-0.2, 0) is 0 Å². The molecule has 0 aliphatic rings. The van der Waals surface area contributed by atoms with Crippen LogP contribution in [0.1, 0.15) is 31.8 Å². The highest BCUT2D eigenvalue weighted by Gasteiger charge is 2.24. The highest BCUT2D eigenvalue weighted by molar-refractivity contribution is 6.12. The normalized spacial score (nSPS) is 10.4. The molecule has 0 aromatic heterocycles. The summed E-state index contributed by atoms with van der Waals surface area (Å²) in [4.78, 5) is 24.2. The standard InChI is InChI=1S/2C13H10O7/c2*14-7-2-1-5(3-8(7)15)10(17)6-4-9(16)12(19)13(20)11(6)18/h2*1-4,14-16,18-20H. The number of carbonyl (C=O) groups excluding carboxylic acids is 2. The van der Waals surface area contributed by atoms with Crippen LogP contribution in [-0.4, -0.2) is 72.8 Å². The third kappa shape index (κ3) is 5.26. The quantitative estimate of drug-likeness (QED) is 0.0976. The van der Waals surface area contributed by atoms with Crippen molar-refractivity contribution in [2.45, 2.75) is 0 Å². The Morgan fingerprint density at radius 2 is 0.675 bits per heavy atom. The van der Waals surface area contributed by atoms with Crippen molar-refractivity contribution in [2.75, 3.05) is 0 Å².